The normalized spacial score (nSPS) is 14.6. The molecule has 1 aromatic rings. The Kier molecular flexibility index (Phi) is 4.54. The van der Waals surface area contributed by atoms with E-state index in [4.69, 9.17) is 9.84 Å². The quantitative estimate of drug-likeness (QED) is 0.665. The van der Waals surface area contributed by atoms with Crippen molar-refractivity contribution in [2.24, 2.45) is 0 Å². The highest BCUT2D eigenvalue weighted by molar-refractivity contribution is 9.10. The van der Waals surface area contributed by atoms with E-state index in [9.17, 15) is 4.79 Å². The summed E-state index contributed by atoms with van der Waals surface area (Å²) in [4.78, 5) is 15.8. The lowest BCUT2D eigenvalue weighted by Gasteiger charge is -2.23. The van der Waals surface area contributed by atoms with Crippen molar-refractivity contribution in [2.45, 2.75) is 25.7 Å². The van der Waals surface area contributed by atoms with E-state index in [-0.39, 0.29) is 12.5 Å². The number of hydrogen-bond acceptors (Lipinski definition) is 4. The second-order valence-electron chi connectivity index (χ2n) is 4.11. The van der Waals surface area contributed by atoms with Gasteiger partial charge in [0.1, 0.15) is 0 Å². The number of amides is 1. The van der Waals surface area contributed by atoms with Crippen LogP contribution in [0.25, 0.3) is 0 Å². The first kappa shape index (κ1) is 13.3. The molecule has 0 saturated heterocycles. The predicted octanol–water partition coefficient (Wildman–Crippen LogP) is 1.82. The third-order valence-electron chi connectivity index (χ3n) is 2.78. The maximum Gasteiger partial charge on any atom is 0.237 e. The lowest BCUT2D eigenvalue weighted by atomic mass is 10.1. The van der Waals surface area contributed by atoms with Gasteiger partial charge in [-0.25, -0.2) is 8.91 Å². The molecular weight excluding hydrogens is 300 g/mol. The molecular formula is C12H15BrN2O3. The second kappa shape index (κ2) is 6.15. The molecule has 98 valence electrons. The minimum absolute atomic E-state index is 0.0416. The van der Waals surface area contributed by atoms with Crippen LogP contribution in [0.4, 0.5) is 5.69 Å². The lowest BCUT2D eigenvalue weighted by Crippen LogP contribution is -2.26. The average molecular weight is 315 g/mol. The maximum atomic E-state index is 11.6. The monoisotopic (exact) mass is 314 g/mol. The van der Waals surface area contributed by atoms with Crippen LogP contribution in [-0.2, 0) is 11.2 Å². The Morgan fingerprint density at radius 3 is 3.06 bits per heavy atom. The van der Waals surface area contributed by atoms with E-state index in [1.807, 2.05) is 0 Å². The molecule has 0 fully saturated rings. The Labute approximate surface area is 114 Å². The fourth-order valence-electron chi connectivity index (χ4n) is 1.77. The molecule has 0 unspecified atom stereocenters. The highest BCUT2D eigenvalue weighted by atomic mass is 79.9. The molecule has 1 aliphatic rings. The molecule has 0 aliphatic carbocycles. The SMILES string of the molecule is O=C1CCc2cnc(OCCCCO)cc2N1Br. The number of rotatable bonds is 5. The van der Waals surface area contributed by atoms with Crippen LogP contribution in [-0.4, -0.2) is 29.2 Å². The summed E-state index contributed by atoms with van der Waals surface area (Å²) >= 11 is 3.25. The number of nitrogens with zero attached hydrogens (tertiary/aromatic N) is 2. The van der Waals surface area contributed by atoms with Crippen molar-refractivity contribution in [3.63, 3.8) is 0 Å². The van der Waals surface area contributed by atoms with E-state index in [1.165, 1.54) is 3.93 Å². The molecule has 0 atom stereocenters. The molecule has 5 nitrogen and oxygen atoms in total. The number of ether oxygens (including phenoxy) is 1. The van der Waals surface area contributed by atoms with Crippen LogP contribution in [0.3, 0.4) is 0 Å². The topological polar surface area (TPSA) is 62.7 Å². The fourth-order valence-corrected chi connectivity index (χ4v) is 2.28. The number of unbranched alkanes of at least 4 members (excludes halogenated alkanes) is 1. The molecule has 0 spiro atoms. The Morgan fingerprint density at radius 1 is 1.44 bits per heavy atom. The Balaban J connectivity index is 2.04. The molecule has 0 radical (unpaired) electrons. The fraction of sp³-hybridized carbons (Fsp3) is 0.500. The van der Waals surface area contributed by atoms with Gasteiger partial charge in [-0.2, -0.15) is 0 Å². The van der Waals surface area contributed by atoms with Crippen LogP contribution in [0.5, 0.6) is 5.88 Å². The standard InChI is InChI=1S/C12H15BrN2O3/c13-15-10-7-11(18-6-2-1-5-16)14-8-9(10)3-4-12(15)17/h7-8,16H,1-6H2. The van der Waals surface area contributed by atoms with Gasteiger partial charge in [0.05, 0.1) is 28.4 Å². The van der Waals surface area contributed by atoms with Crippen LogP contribution in [0.1, 0.15) is 24.8 Å². The summed E-state index contributed by atoms with van der Waals surface area (Å²) in [5.74, 6) is 0.547. The molecule has 2 heterocycles. The summed E-state index contributed by atoms with van der Waals surface area (Å²) in [6.07, 6.45) is 4.46. The minimum Gasteiger partial charge on any atom is -0.478 e. The summed E-state index contributed by atoms with van der Waals surface area (Å²) in [6.45, 7) is 0.688. The number of aromatic nitrogens is 1. The van der Waals surface area contributed by atoms with Crippen LogP contribution in [0, 0.1) is 0 Å². The molecule has 1 N–H and O–H groups in total. The van der Waals surface area contributed by atoms with Crippen molar-refractivity contribution in [3.05, 3.63) is 17.8 Å². The van der Waals surface area contributed by atoms with Gasteiger partial charge in [0, 0.05) is 25.3 Å². The van der Waals surface area contributed by atoms with E-state index in [1.54, 1.807) is 12.3 Å². The van der Waals surface area contributed by atoms with Crippen LogP contribution in [0.2, 0.25) is 0 Å². The number of halogens is 1. The van der Waals surface area contributed by atoms with Gasteiger partial charge < -0.3 is 9.84 Å². The van der Waals surface area contributed by atoms with E-state index >= 15 is 0 Å². The van der Waals surface area contributed by atoms with Crippen LogP contribution < -0.4 is 8.66 Å². The molecule has 0 saturated carbocycles. The van der Waals surface area contributed by atoms with Gasteiger partial charge in [0.15, 0.2) is 0 Å². The van der Waals surface area contributed by atoms with E-state index in [0.29, 0.717) is 31.7 Å². The number of aryl methyl sites for hydroxylation is 1. The summed E-state index contributed by atoms with van der Waals surface area (Å²) in [6, 6.07) is 1.76. The first-order valence-electron chi connectivity index (χ1n) is 5.93. The van der Waals surface area contributed by atoms with Gasteiger partial charge in [-0.15, -0.1) is 0 Å². The summed E-state index contributed by atoms with van der Waals surface area (Å²) < 4.78 is 6.94. The highest BCUT2D eigenvalue weighted by Gasteiger charge is 2.23. The largest absolute Gasteiger partial charge is 0.478 e. The number of carbonyl (C=O) groups excluding carboxylic acids is 1. The Morgan fingerprint density at radius 2 is 2.28 bits per heavy atom. The third-order valence-corrected chi connectivity index (χ3v) is 3.56. The van der Waals surface area contributed by atoms with Gasteiger partial charge in [0.25, 0.3) is 0 Å². The maximum absolute atomic E-state index is 11.6. The number of anilines is 1. The zero-order chi connectivity index (χ0) is 13.0. The predicted molar refractivity (Wildman–Crippen MR) is 70.8 cm³/mol. The molecule has 6 heteroatoms. The van der Waals surface area contributed by atoms with E-state index in [0.717, 1.165) is 17.7 Å². The molecule has 1 aromatic heterocycles. The van der Waals surface area contributed by atoms with Crippen molar-refractivity contribution >= 4 is 27.7 Å². The number of aliphatic hydroxyl groups is 1. The van der Waals surface area contributed by atoms with Gasteiger partial charge >= 0.3 is 0 Å². The van der Waals surface area contributed by atoms with E-state index < -0.39 is 0 Å². The number of pyridine rings is 1. The molecule has 2 rings (SSSR count). The molecule has 0 bridgehead atoms. The van der Waals surface area contributed by atoms with Crippen molar-refractivity contribution < 1.29 is 14.6 Å². The van der Waals surface area contributed by atoms with Gasteiger partial charge in [-0.3, -0.25) is 4.79 Å². The van der Waals surface area contributed by atoms with Gasteiger partial charge in [-0.05, 0) is 24.8 Å². The first-order valence-corrected chi connectivity index (χ1v) is 6.64. The lowest BCUT2D eigenvalue weighted by molar-refractivity contribution is -0.117. The summed E-state index contributed by atoms with van der Waals surface area (Å²) in [5.41, 5.74) is 1.84. The number of hydrogen-bond donors (Lipinski definition) is 1. The van der Waals surface area contributed by atoms with Gasteiger partial charge in [0.2, 0.25) is 11.8 Å². The molecule has 18 heavy (non-hydrogen) atoms. The van der Waals surface area contributed by atoms with Crippen molar-refractivity contribution in [1.82, 2.24) is 4.98 Å². The second-order valence-corrected chi connectivity index (χ2v) is 4.81. The highest BCUT2D eigenvalue weighted by Crippen LogP contribution is 2.32. The average Bonchev–Trinajstić information content (AvgIpc) is 2.39. The zero-order valence-corrected chi connectivity index (χ0v) is 11.5. The molecule has 1 aliphatic heterocycles. The van der Waals surface area contributed by atoms with Crippen molar-refractivity contribution in [2.75, 3.05) is 17.1 Å². The zero-order valence-electron chi connectivity index (χ0n) is 9.93. The number of aliphatic hydroxyl groups excluding tert-OH is 1. The smallest absolute Gasteiger partial charge is 0.237 e. The van der Waals surface area contributed by atoms with Crippen molar-refractivity contribution in [3.8, 4) is 5.88 Å². The van der Waals surface area contributed by atoms with Crippen molar-refractivity contribution in [1.29, 1.82) is 0 Å². The summed E-state index contributed by atoms with van der Waals surface area (Å²) in [7, 11) is 0. The molecule has 1 amide bonds. The summed E-state index contributed by atoms with van der Waals surface area (Å²) in [5, 5.41) is 8.66. The van der Waals surface area contributed by atoms with Gasteiger partial charge in [-0.1, -0.05) is 0 Å². The minimum atomic E-state index is 0.0416. The Hall–Kier alpha value is -1.14. The third kappa shape index (κ3) is 3.00. The van der Waals surface area contributed by atoms with Crippen LogP contribution >= 0.6 is 16.1 Å². The number of carbonyl (C=O) groups is 1. The molecule has 0 aromatic carbocycles. The van der Waals surface area contributed by atoms with Crippen LogP contribution in [0.15, 0.2) is 12.3 Å². The first-order chi connectivity index (χ1) is 8.72. The number of fused-ring (bicyclic) bond motifs is 1. The van der Waals surface area contributed by atoms with E-state index in [2.05, 4.69) is 21.1 Å². The Bertz CT molecular complexity index is 439.